The molecule has 0 radical (unpaired) electrons. The van der Waals surface area contributed by atoms with Gasteiger partial charge in [-0.3, -0.25) is 0 Å². The van der Waals surface area contributed by atoms with Crippen LogP contribution >= 0.6 is 0 Å². The lowest BCUT2D eigenvalue weighted by Gasteiger charge is -2.51. The van der Waals surface area contributed by atoms with Gasteiger partial charge in [0.2, 0.25) is 0 Å². The highest BCUT2D eigenvalue weighted by atomic mass is 16.3. The molecule has 0 saturated heterocycles. The van der Waals surface area contributed by atoms with E-state index in [0.29, 0.717) is 11.8 Å². The third kappa shape index (κ3) is 1.40. The van der Waals surface area contributed by atoms with Crippen molar-refractivity contribution in [3.8, 4) is 0 Å². The number of hydrogen-bond donors (Lipinski definition) is 1. The smallest absolute Gasteiger partial charge is 0.0552 e. The third-order valence-electron chi connectivity index (χ3n) is 5.53. The van der Waals surface area contributed by atoms with E-state index < -0.39 is 0 Å². The molecule has 3 atom stereocenters. The Morgan fingerprint density at radius 1 is 0.947 bits per heavy atom. The first-order chi connectivity index (χ1) is 9.09. The van der Waals surface area contributed by atoms with Gasteiger partial charge in [-0.15, -0.1) is 0 Å². The van der Waals surface area contributed by atoms with Gasteiger partial charge < -0.3 is 5.11 Å². The Balaban J connectivity index is 2.10. The maximum Gasteiger partial charge on any atom is 0.0552 e. The van der Waals surface area contributed by atoms with Crippen LogP contribution in [-0.4, -0.2) is 11.2 Å². The fourth-order valence-electron chi connectivity index (χ4n) is 4.53. The molecule has 1 saturated carbocycles. The maximum absolute atomic E-state index is 10.2. The SMILES string of the molecule is CC1(C)[C@@H]2CC(O)C[C@H]1c1cccc3cccc2c13. The second-order valence-corrected chi connectivity index (χ2v) is 6.84. The van der Waals surface area contributed by atoms with Crippen LogP contribution in [0, 0.1) is 5.41 Å². The Morgan fingerprint density at radius 3 is 2.00 bits per heavy atom. The minimum atomic E-state index is -0.147. The van der Waals surface area contributed by atoms with Gasteiger partial charge in [0.1, 0.15) is 0 Å². The molecule has 0 aromatic heterocycles. The largest absolute Gasteiger partial charge is 0.393 e. The van der Waals surface area contributed by atoms with Crippen LogP contribution in [0.3, 0.4) is 0 Å². The first-order valence-corrected chi connectivity index (χ1v) is 7.28. The van der Waals surface area contributed by atoms with Gasteiger partial charge in [-0.1, -0.05) is 50.2 Å². The summed E-state index contributed by atoms with van der Waals surface area (Å²) in [5.74, 6) is 0.972. The van der Waals surface area contributed by atoms with Crippen molar-refractivity contribution in [1.82, 2.24) is 0 Å². The fourth-order valence-corrected chi connectivity index (χ4v) is 4.53. The van der Waals surface area contributed by atoms with E-state index in [0.717, 1.165) is 12.8 Å². The van der Waals surface area contributed by atoms with Gasteiger partial charge in [0.15, 0.2) is 0 Å². The van der Waals surface area contributed by atoms with E-state index in [2.05, 4.69) is 50.2 Å². The molecule has 1 heteroatoms. The molecule has 2 aliphatic rings. The summed E-state index contributed by atoms with van der Waals surface area (Å²) in [7, 11) is 0. The van der Waals surface area contributed by atoms with Crippen LogP contribution in [0.4, 0.5) is 0 Å². The summed E-state index contributed by atoms with van der Waals surface area (Å²) in [4.78, 5) is 0. The summed E-state index contributed by atoms with van der Waals surface area (Å²) < 4.78 is 0. The van der Waals surface area contributed by atoms with Crippen molar-refractivity contribution >= 4 is 10.8 Å². The average molecular weight is 252 g/mol. The molecule has 1 unspecified atom stereocenters. The predicted molar refractivity (Wildman–Crippen MR) is 78.5 cm³/mol. The lowest BCUT2D eigenvalue weighted by molar-refractivity contribution is 0.0380. The summed E-state index contributed by atoms with van der Waals surface area (Å²) in [6.45, 7) is 4.76. The van der Waals surface area contributed by atoms with Crippen LogP contribution in [0.15, 0.2) is 36.4 Å². The molecule has 2 aromatic carbocycles. The quantitative estimate of drug-likeness (QED) is 0.745. The van der Waals surface area contributed by atoms with Gasteiger partial charge in [0.05, 0.1) is 6.10 Å². The number of aliphatic hydroxyl groups excluding tert-OH is 1. The molecule has 2 bridgehead atoms. The Labute approximate surface area is 114 Å². The summed E-state index contributed by atoms with van der Waals surface area (Å²) in [6.07, 6.45) is 1.68. The highest BCUT2D eigenvalue weighted by Crippen LogP contribution is 2.60. The summed E-state index contributed by atoms with van der Waals surface area (Å²) in [5.41, 5.74) is 3.16. The van der Waals surface area contributed by atoms with Gasteiger partial charge in [-0.2, -0.15) is 0 Å². The zero-order valence-electron chi connectivity index (χ0n) is 11.6. The first kappa shape index (κ1) is 11.5. The molecular weight excluding hydrogens is 232 g/mol. The molecule has 19 heavy (non-hydrogen) atoms. The number of benzene rings is 2. The van der Waals surface area contributed by atoms with Gasteiger partial charge >= 0.3 is 0 Å². The van der Waals surface area contributed by atoms with Gasteiger partial charge in [-0.05, 0) is 52.0 Å². The van der Waals surface area contributed by atoms with Crippen LogP contribution in [0.2, 0.25) is 0 Å². The van der Waals surface area contributed by atoms with Crippen molar-refractivity contribution in [2.45, 2.75) is 44.6 Å². The average Bonchev–Trinajstić information content (AvgIpc) is 2.38. The van der Waals surface area contributed by atoms with Gasteiger partial charge in [-0.25, -0.2) is 0 Å². The highest BCUT2D eigenvalue weighted by Gasteiger charge is 2.48. The lowest BCUT2D eigenvalue weighted by atomic mass is 9.54. The van der Waals surface area contributed by atoms with Crippen molar-refractivity contribution in [1.29, 1.82) is 0 Å². The van der Waals surface area contributed by atoms with E-state index in [9.17, 15) is 5.11 Å². The minimum Gasteiger partial charge on any atom is -0.393 e. The van der Waals surface area contributed by atoms with Crippen LogP contribution in [0.1, 0.15) is 49.7 Å². The number of hydrogen-bond acceptors (Lipinski definition) is 1. The Kier molecular flexibility index (Phi) is 2.18. The van der Waals surface area contributed by atoms with Crippen LogP contribution < -0.4 is 0 Å². The normalized spacial score (nSPS) is 31.4. The zero-order chi connectivity index (χ0) is 13.2. The molecule has 2 aromatic rings. The maximum atomic E-state index is 10.2. The second-order valence-electron chi connectivity index (χ2n) is 6.84. The molecule has 2 aliphatic carbocycles. The van der Waals surface area contributed by atoms with Crippen molar-refractivity contribution < 1.29 is 5.11 Å². The molecule has 0 amide bonds. The van der Waals surface area contributed by atoms with Crippen molar-refractivity contribution in [3.63, 3.8) is 0 Å². The van der Waals surface area contributed by atoms with E-state index in [-0.39, 0.29) is 11.5 Å². The molecule has 1 fully saturated rings. The standard InChI is InChI=1S/C18H20O/c1-18(2)15-9-12(19)10-16(18)14-8-4-6-11-5-3-7-13(15)17(11)14/h3-8,12,15-16,19H,9-10H2,1-2H3/t12?,15-,16+. The molecule has 0 spiro atoms. The summed E-state index contributed by atoms with van der Waals surface area (Å²) in [6, 6.07) is 13.3. The van der Waals surface area contributed by atoms with Crippen molar-refractivity contribution in [3.05, 3.63) is 47.5 Å². The van der Waals surface area contributed by atoms with E-state index >= 15 is 0 Å². The molecule has 0 heterocycles. The highest BCUT2D eigenvalue weighted by molar-refractivity contribution is 5.91. The second kappa shape index (κ2) is 3.61. The minimum absolute atomic E-state index is 0.147. The summed E-state index contributed by atoms with van der Waals surface area (Å²) in [5, 5.41) is 13.1. The molecule has 1 N–H and O–H groups in total. The van der Waals surface area contributed by atoms with E-state index in [1.807, 2.05) is 0 Å². The van der Waals surface area contributed by atoms with E-state index in [1.54, 1.807) is 0 Å². The Bertz CT molecular complexity index is 605. The van der Waals surface area contributed by atoms with Gasteiger partial charge in [0, 0.05) is 0 Å². The monoisotopic (exact) mass is 252 g/mol. The molecular formula is C18H20O. The van der Waals surface area contributed by atoms with Crippen LogP contribution in [0.25, 0.3) is 10.8 Å². The topological polar surface area (TPSA) is 20.2 Å². The third-order valence-corrected chi connectivity index (χ3v) is 5.53. The van der Waals surface area contributed by atoms with E-state index in [1.165, 1.54) is 21.9 Å². The van der Waals surface area contributed by atoms with E-state index in [4.69, 9.17) is 0 Å². The Hall–Kier alpha value is -1.34. The molecule has 4 rings (SSSR count). The van der Waals surface area contributed by atoms with Crippen molar-refractivity contribution in [2.24, 2.45) is 5.41 Å². The number of rotatable bonds is 0. The molecule has 98 valence electrons. The predicted octanol–water partition coefficient (Wildman–Crippen LogP) is 4.20. The molecule has 0 aliphatic heterocycles. The lowest BCUT2D eigenvalue weighted by Crippen LogP contribution is -2.41. The summed E-state index contributed by atoms with van der Waals surface area (Å²) >= 11 is 0. The Morgan fingerprint density at radius 2 is 1.47 bits per heavy atom. The fraction of sp³-hybridized carbons (Fsp3) is 0.444. The molecule has 1 nitrogen and oxygen atoms in total. The van der Waals surface area contributed by atoms with Crippen LogP contribution in [0.5, 0.6) is 0 Å². The number of fused-ring (bicyclic) bond motifs is 4. The zero-order valence-corrected chi connectivity index (χ0v) is 11.6. The van der Waals surface area contributed by atoms with Crippen LogP contribution in [-0.2, 0) is 0 Å². The number of aliphatic hydroxyl groups is 1. The van der Waals surface area contributed by atoms with Gasteiger partial charge in [0.25, 0.3) is 0 Å². The first-order valence-electron chi connectivity index (χ1n) is 7.28. The van der Waals surface area contributed by atoms with Crippen molar-refractivity contribution in [2.75, 3.05) is 0 Å².